The molecule has 0 fully saturated rings. The van der Waals surface area contributed by atoms with Gasteiger partial charge in [-0.05, 0) is 24.3 Å². The van der Waals surface area contributed by atoms with Gasteiger partial charge in [-0.1, -0.05) is 13.8 Å². The summed E-state index contributed by atoms with van der Waals surface area (Å²) < 4.78 is 37.7. The average Bonchev–Trinajstić information content (AvgIpc) is 2.17. The molecule has 4 nitrogen and oxygen atoms in total. The van der Waals surface area contributed by atoms with Crippen LogP contribution in [0.2, 0.25) is 0 Å². The van der Waals surface area contributed by atoms with Crippen LogP contribution in [0.15, 0.2) is 29.2 Å². The van der Waals surface area contributed by atoms with Crippen molar-refractivity contribution >= 4 is 15.9 Å². The molecule has 88 valence electrons. The van der Waals surface area contributed by atoms with Crippen molar-refractivity contribution in [2.75, 3.05) is 0 Å². The van der Waals surface area contributed by atoms with Gasteiger partial charge in [0.15, 0.2) is 0 Å². The molecule has 1 rings (SSSR count). The number of nitrogens with one attached hydrogen (secondary N) is 1. The summed E-state index contributed by atoms with van der Waals surface area (Å²) >= 11 is 0. The third-order valence-electron chi connectivity index (χ3n) is 1.88. The summed E-state index contributed by atoms with van der Waals surface area (Å²) in [5, 5.41) is 0. The van der Waals surface area contributed by atoms with Crippen LogP contribution >= 0.6 is 0 Å². The molecule has 0 heterocycles. The molecule has 0 spiro atoms. The van der Waals surface area contributed by atoms with Crippen LogP contribution in [0.25, 0.3) is 0 Å². The Hall–Kier alpha value is -1.43. The lowest BCUT2D eigenvalue weighted by atomic mass is 10.2. The first-order valence-corrected chi connectivity index (χ1v) is 6.13. The van der Waals surface area contributed by atoms with Gasteiger partial charge in [0.25, 0.3) is 10.0 Å². The van der Waals surface area contributed by atoms with Crippen molar-refractivity contribution in [2.24, 2.45) is 5.92 Å². The normalized spacial score (nSPS) is 11.5. The molecule has 1 aromatic rings. The Morgan fingerprint density at radius 3 is 2.19 bits per heavy atom. The van der Waals surface area contributed by atoms with Crippen LogP contribution in [0.3, 0.4) is 0 Å². The molecule has 0 aromatic heterocycles. The zero-order valence-corrected chi connectivity index (χ0v) is 9.71. The largest absolute Gasteiger partial charge is 0.274 e. The molecule has 0 radical (unpaired) electrons. The minimum atomic E-state index is -3.89. The first kappa shape index (κ1) is 12.6. The van der Waals surface area contributed by atoms with Gasteiger partial charge in [-0.15, -0.1) is 0 Å². The van der Waals surface area contributed by atoms with Crippen molar-refractivity contribution in [3.05, 3.63) is 30.1 Å². The van der Waals surface area contributed by atoms with E-state index in [9.17, 15) is 17.6 Å². The molecule has 0 aliphatic heterocycles. The Kier molecular flexibility index (Phi) is 3.64. The zero-order valence-electron chi connectivity index (χ0n) is 8.90. The summed E-state index contributed by atoms with van der Waals surface area (Å²) in [6, 6.07) is 4.25. The van der Waals surface area contributed by atoms with Gasteiger partial charge in [0, 0.05) is 5.92 Å². The van der Waals surface area contributed by atoms with Crippen LogP contribution in [0, 0.1) is 11.7 Å². The van der Waals surface area contributed by atoms with Crippen molar-refractivity contribution in [3.8, 4) is 0 Å². The van der Waals surface area contributed by atoms with Gasteiger partial charge in [0.2, 0.25) is 5.91 Å². The second-order valence-corrected chi connectivity index (χ2v) is 5.26. The fourth-order valence-electron chi connectivity index (χ4n) is 0.923. The Labute approximate surface area is 93.5 Å². The number of halogens is 1. The van der Waals surface area contributed by atoms with Crippen LogP contribution in [-0.4, -0.2) is 14.3 Å². The van der Waals surface area contributed by atoms with Crippen LogP contribution in [0.4, 0.5) is 4.39 Å². The van der Waals surface area contributed by atoms with E-state index < -0.39 is 27.7 Å². The van der Waals surface area contributed by atoms with Gasteiger partial charge in [0.1, 0.15) is 5.82 Å². The van der Waals surface area contributed by atoms with Crippen LogP contribution in [0.5, 0.6) is 0 Å². The van der Waals surface area contributed by atoms with Crippen LogP contribution < -0.4 is 4.72 Å². The Morgan fingerprint density at radius 1 is 1.25 bits per heavy atom. The number of rotatable bonds is 3. The second kappa shape index (κ2) is 4.61. The van der Waals surface area contributed by atoms with E-state index in [2.05, 4.69) is 0 Å². The topological polar surface area (TPSA) is 63.2 Å². The van der Waals surface area contributed by atoms with Gasteiger partial charge >= 0.3 is 0 Å². The number of carbonyl (C=O) groups excluding carboxylic acids is 1. The fourth-order valence-corrected chi connectivity index (χ4v) is 2.04. The number of sulfonamides is 1. The second-order valence-electron chi connectivity index (χ2n) is 3.58. The molecule has 16 heavy (non-hydrogen) atoms. The highest BCUT2D eigenvalue weighted by molar-refractivity contribution is 7.90. The van der Waals surface area contributed by atoms with Crippen LogP contribution in [0.1, 0.15) is 13.8 Å². The summed E-state index contributed by atoms with van der Waals surface area (Å²) in [7, 11) is -3.89. The van der Waals surface area contributed by atoms with E-state index in [0.717, 1.165) is 24.3 Å². The maximum atomic E-state index is 12.6. The molecule has 0 aliphatic rings. The van der Waals surface area contributed by atoms with Gasteiger partial charge in [-0.25, -0.2) is 17.5 Å². The number of hydrogen-bond donors (Lipinski definition) is 1. The van der Waals surface area contributed by atoms with Crippen molar-refractivity contribution in [1.29, 1.82) is 0 Å². The molecule has 0 bridgehead atoms. The third-order valence-corrected chi connectivity index (χ3v) is 3.25. The van der Waals surface area contributed by atoms with Crippen LogP contribution in [-0.2, 0) is 14.8 Å². The summed E-state index contributed by atoms with van der Waals surface area (Å²) in [4.78, 5) is 11.1. The molecule has 0 aliphatic carbocycles. The fraction of sp³-hybridized carbons (Fsp3) is 0.300. The predicted molar refractivity (Wildman–Crippen MR) is 56.6 cm³/mol. The standard InChI is InChI=1S/C10H12FNO3S/c1-7(2)10(13)12-16(14,15)9-5-3-8(11)4-6-9/h3-7H,1-2H3,(H,12,13). The maximum absolute atomic E-state index is 12.6. The van der Waals surface area contributed by atoms with Crippen molar-refractivity contribution in [2.45, 2.75) is 18.7 Å². The minimum Gasteiger partial charge on any atom is -0.274 e. The molecule has 1 N–H and O–H groups in total. The number of amides is 1. The molecule has 1 amide bonds. The van der Waals surface area contributed by atoms with E-state index in [1.54, 1.807) is 13.8 Å². The van der Waals surface area contributed by atoms with Crippen molar-refractivity contribution in [1.82, 2.24) is 4.72 Å². The molecule has 1 aromatic carbocycles. The first-order valence-electron chi connectivity index (χ1n) is 4.65. The molecule has 0 atom stereocenters. The lowest BCUT2D eigenvalue weighted by molar-refractivity contribution is -0.122. The molecule has 6 heteroatoms. The van der Waals surface area contributed by atoms with E-state index in [1.165, 1.54) is 0 Å². The van der Waals surface area contributed by atoms with Gasteiger partial charge < -0.3 is 0 Å². The van der Waals surface area contributed by atoms with Gasteiger partial charge in [-0.2, -0.15) is 0 Å². The number of benzene rings is 1. The summed E-state index contributed by atoms with van der Waals surface area (Å²) in [5.41, 5.74) is 0. The Balaban J connectivity index is 2.95. The highest BCUT2D eigenvalue weighted by Gasteiger charge is 2.19. The van der Waals surface area contributed by atoms with E-state index in [0.29, 0.717) is 0 Å². The summed E-state index contributed by atoms with van der Waals surface area (Å²) in [6.07, 6.45) is 0. The zero-order chi connectivity index (χ0) is 12.3. The predicted octanol–water partition coefficient (Wildman–Crippen LogP) is 1.29. The van der Waals surface area contributed by atoms with Gasteiger partial charge in [0.05, 0.1) is 4.90 Å². The number of hydrogen-bond acceptors (Lipinski definition) is 3. The summed E-state index contributed by atoms with van der Waals surface area (Å²) in [6.45, 7) is 3.16. The third kappa shape index (κ3) is 3.03. The highest BCUT2D eigenvalue weighted by Crippen LogP contribution is 2.10. The quantitative estimate of drug-likeness (QED) is 0.872. The maximum Gasteiger partial charge on any atom is 0.264 e. The molecule has 0 unspecified atom stereocenters. The lowest BCUT2D eigenvalue weighted by Gasteiger charge is -2.08. The molecular formula is C10H12FNO3S. The van der Waals surface area contributed by atoms with E-state index >= 15 is 0 Å². The average molecular weight is 245 g/mol. The Morgan fingerprint density at radius 2 is 1.75 bits per heavy atom. The van der Waals surface area contributed by atoms with E-state index in [-0.39, 0.29) is 4.90 Å². The SMILES string of the molecule is CC(C)C(=O)NS(=O)(=O)c1ccc(F)cc1. The highest BCUT2D eigenvalue weighted by atomic mass is 32.2. The van der Waals surface area contributed by atoms with Gasteiger partial charge in [-0.3, -0.25) is 4.79 Å². The Bertz CT molecular complexity index is 479. The molecule has 0 saturated carbocycles. The van der Waals surface area contributed by atoms with Crippen molar-refractivity contribution < 1.29 is 17.6 Å². The van der Waals surface area contributed by atoms with Crippen molar-refractivity contribution in [3.63, 3.8) is 0 Å². The molecular weight excluding hydrogens is 233 g/mol. The minimum absolute atomic E-state index is 0.136. The van der Waals surface area contributed by atoms with E-state index in [1.807, 2.05) is 4.72 Å². The summed E-state index contributed by atoms with van der Waals surface area (Å²) in [5.74, 6) is -1.56. The number of carbonyl (C=O) groups is 1. The monoisotopic (exact) mass is 245 g/mol. The van der Waals surface area contributed by atoms with E-state index in [4.69, 9.17) is 0 Å². The first-order chi connectivity index (χ1) is 7.33. The smallest absolute Gasteiger partial charge is 0.264 e. The lowest BCUT2D eigenvalue weighted by Crippen LogP contribution is -2.33. The molecule has 0 saturated heterocycles.